The first-order valence-corrected chi connectivity index (χ1v) is 8.44. The van der Waals surface area contributed by atoms with Crippen molar-refractivity contribution in [3.63, 3.8) is 0 Å². The summed E-state index contributed by atoms with van der Waals surface area (Å²) in [5, 5.41) is 3.50. The summed E-state index contributed by atoms with van der Waals surface area (Å²) in [6.07, 6.45) is 2.40. The Kier molecular flexibility index (Phi) is 6.76. The molecule has 0 saturated carbocycles. The minimum absolute atomic E-state index is 0.0863. The van der Waals surface area contributed by atoms with E-state index < -0.39 is 0 Å². The molecular formula is C16H28N2S2. The number of nitrogens with zero attached hydrogens (tertiary/aromatic N) is 1. The summed E-state index contributed by atoms with van der Waals surface area (Å²) in [5.41, 5.74) is 2.45. The SMILES string of the molecule is CCN(CC)CCCCNc1c(C(C)(C)C)c(=S)c1=S. The molecule has 0 radical (unpaired) electrons. The van der Waals surface area contributed by atoms with E-state index in [2.05, 4.69) is 44.8 Å². The van der Waals surface area contributed by atoms with Gasteiger partial charge in [0, 0.05) is 12.1 Å². The van der Waals surface area contributed by atoms with Crippen LogP contribution in [0.25, 0.3) is 0 Å². The lowest BCUT2D eigenvalue weighted by Gasteiger charge is -2.27. The fraction of sp³-hybridized carbons (Fsp3) is 0.750. The maximum atomic E-state index is 5.37. The predicted octanol–water partition coefficient (Wildman–Crippen LogP) is 4.85. The molecular weight excluding hydrogens is 284 g/mol. The summed E-state index contributed by atoms with van der Waals surface area (Å²) in [4.78, 5) is 2.46. The summed E-state index contributed by atoms with van der Waals surface area (Å²) in [7, 11) is 0. The Balaban J connectivity index is 2.43. The third-order valence-corrected chi connectivity index (χ3v) is 4.70. The minimum atomic E-state index is 0.0863. The molecule has 0 aromatic heterocycles. The third-order valence-electron chi connectivity index (χ3n) is 3.76. The Morgan fingerprint density at radius 1 is 1.00 bits per heavy atom. The normalized spacial score (nSPS) is 12.3. The summed E-state index contributed by atoms with van der Waals surface area (Å²) in [6, 6.07) is 0. The molecule has 0 amide bonds. The highest BCUT2D eigenvalue weighted by Gasteiger charge is 2.25. The Labute approximate surface area is 134 Å². The van der Waals surface area contributed by atoms with Gasteiger partial charge in [0.05, 0.1) is 14.7 Å². The smallest absolute Gasteiger partial charge is 0.0796 e. The molecule has 0 fully saturated rings. The van der Waals surface area contributed by atoms with Crippen molar-refractivity contribution < 1.29 is 0 Å². The van der Waals surface area contributed by atoms with Gasteiger partial charge in [-0.05, 0) is 37.9 Å². The summed E-state index contributed by atoms with van der Waals surface area (Å²) >= 11 is 10.7. The van der Waals surface area contributed by atoms with Crippen molar-refractivity contribution in [1.29, 1.82) is 0 Å². The predicted molar refractivity (Wildman–Crippen MR) is 94.7 cm³/mol. The van der Waals surface area contributed by atoms with E-state index in [0.29, 0.717) is 0 Å². The average molecular weight is 313 g/mol. The lowest BCUT2D eigenvalue weighted by atomic mass is 9.83. The van der Waals surface area contributed by atoms with Gasteiger partial charge in [0.2, 0.25) is 0 Å². The zero-order chi connectivity index (χ0) is 15.3. The van der Waals surface area contributed by atoms with Crippen LogP contribution in [-0.4, -0.2) is 31.1 Å². The highest BCUT2D eigenvalue weighted by Crippen LogP contribution is 2.36. The molecule has 4 heteroatoms. The molecule has 1 aromatic rings. The lowest BCUT2D eigenvalue weighted by Crippen LogP contribution is -2.24. The van der Waals surface area contributed by atoms with E-state index in [1.54, 1.807) is 0 Å². The second-order valence-electron chi connectivity index (χ2n) is 6.32. The van der Waals surface area contributed by atoms with E-state index in [0.717, 1.165) is 34.3 Å². The average Bonchev–Trinajstić information content (AvgIpc) is 2.39. The molecule has 0 aliphatic carbocycles. The van der Waals surface area contributed by atoms with Crippen LogP contribution in [0, 0.1) is 9.02 Å². The van der Waals surface area contributed by atoms with Gasteiger partial charge in [-0.2, -0.15) is 0 Å². The first kappa shape index (κ1) is 17.7. The van der Waals surface area contributed by atoms with Crippen LogP contribution in [0.1, 0.15) is 53.0 Å². The molecule has 1 aromatic carbocycles. The van der Waals surface area contributed by atoms with Gasteiger partial charge in [-0.1, -0.05) is 59.1 Å². The van der Waals surface area contributed by atoms with Gasteiger partial charge in [0.25, 0.3) is 0 Å². The van der Waals surface area contributed by atoms with E-state index >= 15 is 0 Å². The van der Waals surface area contributed by atoms with Crippen LogP contribution >= 0.6 is 24.4 Å². The highest BCUT2D eigenvalue weighted by atomic mass is 32.1. The number of anilines is 1. The summed E-state index contributed by atoms with van der Waals surface area (Å²) in [5.74, 6) is 0. The molecule has 0 bridgehead atoms. The van der Waals surface area contributed by atoms with Crippen LogP contribution in [0.2, 0.25) is 0 Å². The maximum absolute atomic E-state index is 5.37. The van der Waals surface area contributed by atoms with Crippen molar-refractivity contribution >= 4 is 30.1 Å². The fourth-order valence-electron chi connectivity index (χ4n) is 2.49. The molecule has 0 atom stereocenters. The van der Waals surface area contributed by atoms with Crippen molar-refractivity contribution in [2.45, 2.75) is 52.9 Å². The molecule has 0 spiro atoms. The minimum Gasteiger partial charge on any atom is -0.384 e. The largest absolute Gasteiger partial charge is 0.384 e. The van der Waals surface area contributed by atoms with Crippen molar-refractivity contribution in [3.8, 4) is 0 Å². The molecule has 114 valence electrons. The van der Waals surface area contributed by atoms with Crippen LogP contribution in [0.3, 0.4) is 0 Å². The number of hydrogen-bond acceptors (Lipinski definition) is 4. The number of unbranched alkanes of at least 4 members (excludes halogenated alkanes) is 1. The highest BCUT2D eigenvalue weighted by molar-refractivity contribution is 7.74. The van der Waals surface area contributed by atoms with E-state index in [1.807, 2.05) is 0 Å². The number of rotatable bonds is 8. The zero-order valence-electron chi connectivity index (χ0n) is 13.5. The maximum Gasteiger partial charge on any atom is 0.0796 e. The number of hydrogen-bond donors (Lipinski definition) is 1. The summed E-state index contributed by atoms with van der Waals surface area (Å²) in [6.45, 7) is 15.5. The lowest BCUT2D eigenvalue weighted by molar-refractivity contribution is 0.298. The fourth-order valence-corrected chi connectivity index (χ4v) is 3.28. The van der Waals surface area contributed by atoms with Crippen molar-refractivity contribution in [1.82, 2.24) is 4.90 Å². The van der Waals surface area contributed by atoms with Gasteiger partial charge in [0.1, 0.15) is 0 Å². The van der Waals surface area contributed by atoms with E-state index in [1.165, 1.54) is 24.9 Å². The molecule has 20 heavy (non-hydrogen) atoms. The standard InChI is InChI=1S/C16H28N2S2/c1-6-18(7-2)11-9-8-10-17-13-12(16(3,4)5)14(19)15(13)20/h17H,6-11H2,1-5H3. The molecule has 0 heterocycles. The van der Waals surface area contributed by atoms with Crippen molar-refractivity contribution in [2.24, 2.45) is 0 Å². The Morgan fingerprint density at radius 2 is 1.60 bits per heavy atom. The molecule has 2 nitrogen and oxygen atoms in total. The quantitative estimate of drug-likeness (QED) is 0.545. The van der Waals surface area contributed by atoms with Gasteiger partial charge in [-0.3, -0.25) is 0 Å². The second kappa shape index (κ2) is 7.62. The van der Waals surface area contributed by atoms with Crippen molar-refractivity contribution in [3.05, 3.63) is 14.6 Å². The molecule has 0 aliphatic rings. The van der Waals surface area contributed by atoms with Crippen LogP contribution in [0.15, 0.2) is 0 Å². The molecule has 0 unspecified atom stereocenters. The third kappa shape index (κ3) is 4.34. The Morgan fingerprint density at radius 3 is 2.10 bits per heavy atom. The van der Waals surface area contributed by atoms with Crippen LogP contribution in [0.5, 0.6) is 0 Å². The molecule has 0 aliphatic heterocycles. The topological polar surface area (TPSA) is 15.3 Å². The molecule has 0 saturated heterocycles. The van der Waals surface area contributed by atoms with Gasteiger partial charge < -0.3 is 10.2 Å². The van der Waals surface area contributed by atoms with Crippen LogP contribution in [-0.2, 0) is 5.41 Å². The van der Waals surface area contributed by atoms with Gasteiger partial charge in [0.15, 0.2) is 0 Å². The first-order valence-electron chi connectivity index (χ1n) is 7.62. The Hall–Kier alpha value is -0.320. The monoisotopic (exact) mass is 312 g/mol. The second-order valence-corrected chi connectivity index (χ2v) is 7.14. The first-order chi connectivity index (χ1) is 9.32. The van der Waals surface area contributed by atoms with Crippen LogP contribution < -0.4 is 5.32 Å². The van der Waals surface area contributed by atoms with E-state index in [4.69, 9.17) is 24.4 Å². The Bertz CT molecular complexity index is 489. The van der Waals surface area contributed by atoms with Crippen molar-refractivity contribution in [2.75, 3.05) is 31.5 Å². The van der Waals surface area contributed by atoms with E-state index in [9.17, 15) is 0 Å². The van der Waals surface area contributed by atoms with E-state index in [-0.39, 0.29) is 5.41 Å². The molecule has 1 rings (SSSR count). The van der Waals surface area contributed by atoms with Gasteiger partial charge in [-0.15, -0.1) is 0 Å². The van der Waals surface area contributed by atoms with Crippen LogP contribution in [0.4, 0.5) is 5.69 Å². The zero-order valence-corrected chi connectivity index (χ0v) is 15.1. The number of nitrogens with one attached hydrogen (secondary N) is 1. The molecule has 1 N–H and O–H groups in total. The van der Waals surface area contributed by atoms with Gasteiger partial charge in [-0.25, -0.2) is 0 Å². The van der Waals surface area contributed by atoms with Gasteiger partial charge >= 0.3 is 0 Å². The summed E-state index contributed by atoms with van der Waals surface area (Å²) < 4.78 is 1.74.